The minimum Gasteiger partial charge on any atom is -0.493 e. The molecular weight excluding hydrogens is 374 g/mol. The fourth-order valence-electron chi connectivity index (χ4n) is 3.09. The van der Waals surface area contributed by atoms with E-state index in [4.69, 9.17) is 9.47 Å². The fraction of sp³-hybridized carbons (Fsp3) is 0.500. The third kappa shape index (κ3) is 5.24. The molecule has 3 rings (SSSR count). The first-order chi connectivity index (χ1) is 14.0. The first kappa shape index (κ1) is 20.6. The SMILES string of the molecule is COc1ccc2cc1OCCn1cc(nn1)CCCC(=O)N(C)CCN(C)C2=O. The summed E-state index contributed by atoms with van der Waals surface area (Å²) in [5.74, 6) is 0.976. The van der Waals surface area contributed by atoms with Crippen molar-refractivity contribution in [1.82, 2.24) is 24.8 Å². The molecule has 0 saturated heterocycles. The molecule has 0 unspecified atom stereocenters. The second kappa shape index (κ2) is 9.40. The number of carbonyl (C=O) groups is 2. The number of hydrogen-bond acceptors (Lipinski definition) is 6. The minimum absolute atomic E-state index is 0.0551. The Balaban J connectivity index is 1.82. The number of nitrogens with zero attached hydrogens (tertiary/aromatic N) is 5. The van der Waals surface area contributed by atoms with Gasteiger partial charge < -0.3 is 19.3 Å². The van der Waals surface area contributed by atoms with E-state index in [0.717, 1.165) is 5.69 Å². The summed E-state index contributed by atoms with van der Waals surface area (Å²) in [6, 6.07) is 5.11. The Bertz CT molecular complexity index is 866. The van der Waals surface area contributed by atoms with Crippen LogP contribution >= 0.6 is 0 Å². The second-order valence-electron chi connectivity index (χ2n) is 7.08. The van der Waals surface area contributed by atoms with Crippen molar-refractivity contribution in [2.24, 2.45) is 0 Å². The van der Waals surface area contributed by atoms with Crippen LogP contribution in [0.25, 0.3) is 0 Å². The number of likely N-dealkylation sites (N-methyl/N-ethyl adjacent to an activating group) is 2. The number of methoxy groups -OCH3 is 1. The summed E-state index contributed by atoms with van der Waals surface area (Å²) >= 11 is 0. The van der Waals surface area contributed by atoms with E-state index >= 15 is 0 Å². The molecule has 2 amide bonds. The molecule has 0 spiro atoms. The van der Waals surface area contributed by atoms with Gasteiger partial charge in [0.1, 0.15) is 6.61 Å². The van der Waals surface area contributed by atoms with E-state index < -0.39 is 0 Å². The van der Waals surface area contributed by atoms with Crippen molar-refractivity contribution in [1.29, 1.82) is 0 Å². The largest absolute Gasteiger partial charge is 0.493 e. The van der Waals surface area contributed by atoms with Crippen LogP contribution in [0.3, 0.4) is 0 Å². The van der Waals surface area contributed by atoms with Crippen LogP contribution in [0.2, 0.25) is 0 Å². The van der Waals surface area contributed by atoms with Crippen LogP contribution in [0.1, 0.15) is 28.9 Å². The van der Waals surface area contributed by atoms with Gasteiger partial charge in [0.2, 0.25) is 5.91 Å². The summed E-state index contributed by atoms with van der Waals surface area (Å²) in [7, 11) is 5.05. The molecule has 0 atom stereocenters. The summed E-state index contributed by atoms with van der Waals surface area (Å²) in [6.07, 6.45) is 3.70. The summed E-state index contributed by atoms with van der Waals surface area (Å²) < 4.78 is 12.9. The van der Waals surface area contributed by atoms with Gasteiger partial charge in [-0.1, -0.05) is 5.21 Å². The van der Waals surface area contributed by atoms with Crippen LogP contribution in [-0.2, 0) is 17.8 Å². The lowest BCUT2D eigenvalue weighted by atomic mass is 10.1. The van der Waals surface area contributed by atoms with Crippen LogP contribution in [0, 0.1) is 0 Å². The molecule has 4 bridgehead atoms. The van der Waals surface area contributed by atoms with Crippen LogP contribution in [0.4, 0.5) is 0 Å². The lowest BCUT2D eigenvalue weighted by Gasteiger charge is -2.23. The normalized spacial score (nSPS) is 16.8. The van der Waals surface area contributed by atoms with Crippen molar-refractivity contribution < 1.29 is 19.1 Å². The molecule has 29 heavy (non-hydrogen) atoms. The van der Waals surface area contributed by atoms with Crippen molar-refractivity contribution >= 4 is 11.8 Å². The second-order valence-corrected chi connectivity index (χ2v) is 7.08. The van der Waals surface area contributed by atoms with E-state index in [1.807, 2.05) is 6.20 Å². The first-order valence-corrected chi connectivity index (χ1v) is 9.67. The van der Waals surface area contributed by atoms with Crippen LogP contribution in [0.5, 0.6) is 11.5 Å². The molecule has 0 aliphatic carbocycles. The lowest BCUT2D eigenvalue weighted by Crippen LogP contribution is -2.37. The molecule has 1 aromatic heterocycles. The Morgan fingerprint density at radius 1 is 1.07 bits per heavy atom. The number of ether oxygens (including phenoxy) is 2. The maximum atomic E-state index is 12.8. The third-order valence-electron chi connectivity index (χ3n) is 4.94. The fourth-order valence-corrected chi connectivity index (χ4v) is 3.09. The van der Waals surface area contributed by atoms with Crippen molar-refractivity contribution in [2.45, 2.75) is 25.8 Å². The topological polar surface area (TPSA) is 89.8 Å². The number of benzene rings is 1. The monoisotopic (exact) mass is 401 g/mol. The van der Waals surface area contributed by atoms with E-state index in [1.165, 1.54) is 0 Å². The Morgan fingerprint density at radius 2 is 1.86 bits per heavy atom. The van der Waals surface area contributed by atoms with E-state index in [1.54, 1.807) is 53.9 Å². The average molecular weight is 401 g/mol. The van der Waals surface area contributed by atoms with E-state index in [2.05, 4.69) is 10.3 Å². The zero-order chi connectivity index (χ0) is 20.8. The Labute approximate surface area is 170 Å². The zero-order valence-corrected chi connectivity index (χ0v) is 17.1. The molecule has 2 aromatic rings. The maximum Gasteiger partial charge on any atom is 0.253 e. The van der Waals surface area contributed by atoms with Gasteiger partial charge >= 0.3 is 0 Å². The van der Waals surface area contributed by atoms with Gasteiger partial charge in [-0.2, -0.15) is 0 Å². The Morgan fingerprint density at radius 3 is 2.66 bits per heavy atom. The van der Waals surface area contributed by atoms with Crippen LogP contribution < -0.4 is 9.47 Å². The van der Waals surface area contributed by atoms with E-state index in [9.17, 15) is 9.59 Å². The molecule has 0 radical (unpaired) electrons. The summed E-state index contributed by atoms with van der Waals surface area (Å²) in [6.45, 7) is 1.78. The number of aromatic nitrogens is 3. The molecule has 0 N–H and O–H groups in total. The minimum atomic E-state index is -0.139. The van der Waals surface area contributed by atoms with E-state index in [0.29, 0.717) is 62.6 Å². The highest BCUT2D eigenvalue weighted by molar-refractivity contribution is 5.94. The summed E-state index contributed by atoms with van der Waals surface area (Å²) in [4.78, 5) is 28.4. The van der Waals surface area contributed by atoms with Gasteiger partial charge in [-0.25, -0.2) is 4.68 Å². The molecule has 0 saturated carbocycles. The highest BCUT2D eigenvalue weighted by Crippen LogP contribution is 2.28. The summed E-state index contributed by atoms with van der Waals surface area (Å²) in [5, 5.41) is 8.26. The van der Waals surface area contributed by atoms with Crippen LogP contribution in [-0.4, -0.2) is 77.5 Å². The number of hydrogen-bond donors (Lipinski definition) is 0. The molecule has 0 fully saturated rings. The first-order valence-electron chi connectivity index (χ1n) is 9.67. The number of fused-ring (bicyclic) bond motifs is 4. The van der Waals surface area contributed by atoms with Gasteiger partial charge in [-0.15, -0.1) is 5.10 Å². The molecule has 1 aliphatic heterocycles. The molecule has 1 aliphatic rings. The smallest absolute Gasteiger partial charge is 0.253 e. The van der Waals surface area contributed by atoms with Gasteiger partial charge in [0.05, 0.1) is 19.3 Å². The molecule has 156 valence electrons. The standard InChI is InChI=1S/C20H27N5O4/c1-23-9-10-24(2)20(27)15-7-8-17(28-3)18(13-15)29-12-11-25-14-16(21-22-25)5-4-6-19(23)26/h7-8,13-14H,4-6,9-12H2,1-3H3. The number of aryl methyl sites for hydroxylation is 1. The highest BCUT2D eigenvalue weighted by atomic mass is 16.5. The van der Waals surface area contributed by atoms with Crippen molar-refractivity contribution in [3.8, 4) is 11.5 Å². The van der Waals surface area contributed by atoms with Gasteiger partial charge in [-0.3, -0.25) is 9.59 Å². The quantitative estimate of drug-likeness (QED) is 0.714. The third-order valence-corrected chi connectivity index (χ3v) is 4.94. The van der Waals surface area contributed by atoms with E-state index in [-0.39, 0.29) is 11.8 Å². The number of rotatable bonds is 1. The molecule has 2 heterocycles. The molecular formula is C20H27N5O4. The van der Waals surface area contributed by atoms with Crippen molar-refractivity contribution in [3.05, 3.63) is 35.7 Å². The predicted molar refractivity (Wildman–Crippen MR) is 106 cm³/mol. The average Bonchev–Trinajstić information content (AvgIpc) is 3.17. The summed E-state index contributed by atoms with van der Waals surface area (Å²) in [5.41, 5.74) is 1.35. The highest BCUT2D eigenvalue weighted by Gasteiger charge is 2.17. The van der Waals surface area contributed by atoms with Crippen molar-refractivity contribution in [3.63, 3.8) is 0 Å². The Hall–Kier alpha value is -3.10. The van der Waals surface area contributed by atoms with Gasteiger partial charge in [0.25, 0.3) is 5.91 Å². The lowest BCUT2D eigenvalue weighted by molar-refractivity contribution is -0.130. The number of carbonyl (C=O) groups excluding carboxylic acids is 2. The van der Waals surface area contributed by atoms with Gasteiger partial charge in [-0.05, 0) is 31.0 Å². The molecule has 9 nitrogen and oxygen atoms in total. The predicted octanol–water partition coefficient (Wildman–Crippen LogP) is 1.23. The molecule has 1 aromatic carbocycles. The maximum absolute atomic E-state index is 12.8. The van der Waals surface area contributed by atoms with Crippen LogP contribution in [0.15, 0.2) is 24.4 Å². The Kier molecular flexibility index (Phi) is 6.69. The van der Waals surface area contributed by atoms with Gasteiger partial charge in [0.15, 0.2) is 11.5 Å². The van der Waals surface area contributed by atoms with Crippen molar-refractivity contribution in [2.75, 3.05) is 40.9 Å². The molecule has 9 heteroatoms. The zero-order valence-electron chi connectivity index (χ0n) is 17.1. The van der Waals surface area contributed by atoms with Gasteiger partial charge in [0, 0.05) is 45.4 Å². The number of amides is 2.